The van der Waals surface area contributed by atoms with Crippen LogP contribution in [-0.4, -0.2) is 43.4 Å². The largest absolute Gasteiger partial charge is 0.465 e. The highest BCUT2D eigenvalue weighted by molar-refractivity contribution is 6.23. The number of methoxy groups -OCH3 is 1. The van der Waals surface area contributed by atoms with Crippen LogP contribution in [0.15, 0.2) is 78.9 Å². The van der Waals surface area contributed by atoms with Crippen molar-refractivity contribution in [1.29, 1.82) is 0 Å². The van der Waals surface area contributed by atoms with Crippen LogP contribution in [0.4, 0.5) is 11.4 Å². The average Bonchev–Trinajstić information content (AvgIpc) is 3.67. The summed E-state index contributed by atoms with van der Waals surface area (Å²) in [6, 6.07) is 22.4. The molecule has 6 rings (SSSR count). The van der Waals surface area contributed by atoms with Gasteiger partial charge in [0.05, 0.1) is 35.8 Å². The first kappa shape index (κ1) is 26.4. The lowest BCUT2D eigenvalue weighted by atomic mass is 9.73. The Kier molecular flexibility index (Phi) is 6.86. The molecule has 5 atom stereocenters. The van der Waals surface area contributed by atoms with E-state index in [-0.39, 0.29) is 47.0 Å². The number of imide groups is 1. The summed E-state index contributed by atoms with van der Waals surface area (Å²) in [7, 11) is 1.28. The highest BCUT2D eigenvalue weighted by atomic mass is 16.5. The maximum Gasteiger partial charge on any atom is 0.338 e. The molecule has 3 aromatic rings. The molecule has 1 heterocycles. The summed E-state index contributed by atoms with van der Waals surface area (Å²) in [5, 5.41) is 2.59. The molecule has 1 saturated heterocycles. The van der Waals surface area contributed by atoms with Crippen LogP contribution in [0.25, 0.3) is 0 Å². The van der Waals surface area contributed by atoms with Gasteiger partial charge < -0.3 is 14.8 Å². The fourth-order valence-electron chi connectivity index (χ4n) is 6.79. The third-order valence-corrected chi connectivity index (χ3v) is 8.51. The normalized spacial score (nSPS) is 24.2. The van der Waals surface area contributed by atoms with Gasteiger partial charge >= 0.3 is 11.9 Å². The van der Waals surface area contributed by atoms with Crippen molar-refractivity contribution >= 4 is 41.0 Å². The molecule has 1 aliphatic heterocycles. The lowest BCUT2D eigenvalue weighted by molar-refractivity contribution is -0.123. The van der Waals surface area contributed by atoms with Gasteiger partial charge in [-0.2, -0.15) is 0 Å². The second kappa shape index (κ2) is 10.6. The number of benzene rings is 3. The molecule has 0 unspecified atom stereocenters. The number of anilines is 2. The van der Waals surface area contributed by atoms with Crippen LogP contribution < -0.4 is 10.2 Å². The zero-order valence-corrected chi connectivity index (χ0v) is 22.3. The van der Waals surface area contributed by atoms with Crippen LogP contribution in [0.1, 0.15) is 45.0 Å². The van der Waals surface area contributed by atoms with Gasteiger partial charge in [-0.3, -0.25) is 19.3 Å². The Labute approximate surface area is 236 Å². The molecule has 2 aliphatic carbocycles. The van der Waals surface area contributed by atoms with E-state index in [2.05, 4.69) is 22.2 Å². The second-order valence-electron chi connectivity index (χ2n) is 10.7. The summed E-state index contributed by atoms with van der Waals surface area (Å²) in [6.07, 6.45) is 1.77. The Morgan fingerprint density at radius 1 is 0.829 bits per heavy atom. The Bertz CT molecular complexity index is 1540. The third kappa shape index (κ3) is 4.77. The number of carbonyl (C=O) groups excluding carboxylic acids is 5. The van der Waals surface area contributed by atoms with Crippen molar-refractivity contribution in [2.24, 2.45) is 23.7 Å². The molecule has 0 radical (unpaired) electrons. The van der Waals surface area contributed by atoms with Crippen molar-refractivity contribution < 1.29 is 33.4 Å². The molecule has 3 aromatic carbocycles. The molecule has 3 amide bonds. The van der Waals surface area contributed by atoms with Crippen LogP contribution in [0.3, 0.4) is 0 Å². The van der Waals surface area contributed by atoms with Gasteiger partial charge in [0.2, 0.25) is 11.8 Å². The molecule has 0 aromatic heterocycles. The van der Waals surface area contributed by atoms with Crippen LogP contribution in [0, 0.1) is 23.7 Å². The molecule has 3 aliphatic rings. The van der Waals surface area contributed by atoms with E-state index >= 15 is 0 Å². The number of ether oxygens (including phenoxy) is 2. The van der Waals surface area contributed by atoms with Gasteiger partial charge in [0, 0.05) is 5.69 Å². The minimum absolute atomic E-state index is 0.122. The van der Waals surface area contributed by atoms with E-state index in [0.29, 0.717) is 16.9 Å². The molecule has 0 spiro atoms. The molecule has 208 valence electrons. The van der Waals surface area contributed by atoms with Crippen molar-refractivity contribution in [3.63, 3.8) is 0 Å². The maximum absolute atomic E-state index is 13.6. The predicted octanol–water partition coefficient (Wildman–Crippen LogP) is 4.20. The number of esters is 2. The molecule has 41 heavy (non-hydrogen) atoms. The van der Waals surface area contributed by atoms with Crippen molar-refractivity contribution in [3.05, 3.63) is 95.6 Å². The van der Waals surface area contributed by atoms with E-state index in [0.717, 1.165) is 12.8 Å². The number of nitrogens with one attached hydrogen (secondary N) is 1. The molecule has 9 heteroatoms. The fourth-order valence-corrected chi connectivity index (χ4v) is 6.79. The first-order valence-corrected chi connectivity index (χ1v) is 13.5. The van der Waals surface area contributed by atoms with Gasteiger partial charge in [0.15, 0.2) is 6.61 Å². The number of nitrogens with zero attached hydrogens (tertiary/aromatic N) is 1. The summed E-state index contributed by atoms with van der Waals surface area (Å²) < 4.78 is 9.83. The summed E-state index contributed by atoms with van der Waals surface area (Å²) in [4.78, 5) is 64.9. The van der Waals surface area contributed by atoms with E-state index in [9.17, 15) is 24.0 Å². The molecule has 2 saturated carbocycles. The predicted molar refractivity (Wildman–Crippen MR) is 148 cm³/mol. The Morgan fingerprint density at radius 3 is 2.29 bits per heavy atom. The van der Waals surface area contributed by atoms with Crippen LogP contribution in [0.5, 0.6) is 0 Å². The second-order valence-corrected chi connectivity index (χ2v) is 10.7. The molecular weight excluding hydrogens is 524 g/mol. The maximum atomic E-state index is 13.6. The molecule has 3 fully saturated rings. The monoisotopic (exact) mass is 552 g/mol. The molecular formula is C32H28N2O7. The number of fused-ring (bicyclic) bond motifs is 5. The lowest BCUT2D eigenvalue weighted by Crippen LogP contribution is -2.33. The highest BCUT2D eigenvalue weighted by Gasteiger charge is 2.64. The van der Waals surface area contributed by atoms with Gasteiger partial charge in [-0.25, -0.2) is 9.59 Å². The van der Waals surface area contributed by atoms with Crippen LogP contribution in [0.2, 0.25) is 0 Å². The highest BCUT2D eigenvalue weighted by Crippen LogP contribution is 2.61. The van der Waals surface area contributed by atoms with Gasteiger partial charge in [-0.1, -0.05) is 36.4 Å². The smallest absolute Gasteiger partial charge is 0.338 e. The van der Waals surface area contributed by atoms with Crippen molar-refractivity contribution in [2.45, 2.75) is 18.8 Å². The van der Waals surface area contributed by atoms with Gasteiger partial charge in [0.25, 0.3) is 5.91 Å². The van der Waals surface area contributed by atoms with Gasteiger partial charge in [0.1, 0.15) is 0 Å². The van der Waals surface area contributed by atoms with Gasteiger partial charge in [-0.15, -0.1) is 0 Å². The molecule has 9 nitrogen and oxygen atoms in total. The summed E-state index contributed by atoms with van der Waals surface area (Å²) >= 11 is 0. The number of rotatable bonds is 7. The van der Waals surface area contributed by atoms with Gasteiger partial charge in [-0.05, 0) is 78.6 Å². The Hall–Kier alpha value is -4.79. The average molecular weight is 553 g/mol. The topological polar surface area (TPSA) is 119 Å². The summed E-state index contributed by atoms with van der Waals surface area (Å²) in [5.41, 5.74) is 2.42. The van der Waals surface area contributed by atoms with E-state index in [1.807, 2.05) is 18.2 Å². The summed E-state index contributed by atoms with van der Waals surface area (Å²) in [5.74, 6) is -2.37. The number of amides is 3. The van der Waals surface area contributed by atoms with E-state index in [1.54, 1.807) is 12.1 Å². The van der Waals surface area contributed by atoms with Crippen LogP contribution in [-0.2, 0) is 23.9 Å². The fraction of sp³-hybridized carbons (Fsp3) is 0.281. The zero-order chi connectivity index (χ0) is 28.7. The number of hydrogen-bond donors (Lipinski definition) is 1. The minimum atomic E-state index is -0.758. The van der Waals surface area contributed by atoms with E-state index in [4.69, 9.17) is 4.74 Å². The van der Waals surface area contributed by atoms with Crippen molar-refractivity contribution in [3.8, 4) is 0 Å². The molecule has 2 bridgehead atoms. The first-order chi connectivity index (χ1) is 19.9. The lowest BCUT2D eigenvalue weighted by Gasteiger charge is -2.28. The first-order valence-electron chi connectivity index (χ1n) is 13.5. The zero-order valence-electron chi connectivity index (χ0n) is 22.3. The quantitative estimate of drug-likeness (QED) is 0.345. The van der Waals surface area contributed by atoms with E-state index < -0.39 is 24.5 Å². The van der Waals surface area contributed by atoms with E-state index in [1.165, 1.54) is 54.0 Å². The standard InChI is InChI=1S/C32H28N2O7/c1-40-31(38)19-10-12-22(13-11-19)33-26(35)17-41-32(39)20-8-5-9-23(14-20)34-29(36)27-21-15-24(18-6-3-2-4-7-18)25(16-21)28(27)30(34)37/h2-14,21,24-25,27-28H,15-17H2,1H3,(H,33,35)/t21-,24+,25+,27+,28-/m0/s1. The van der Waals surface area contributed by atoms with Crippen molar-refractivity contribution in [2.75, 3.05) is 23.9 Å². The Morgan fingerprint density at radius 2 is 1.56 bits per heavy atom. The minimum Gasteiger partial charge on any atom is -0.465 e. The summed E-state index contributed by atoms with van der Waals surface area (Å²) in [6.45, 7) is -0.544. The SMILES string of the molecule is COC(=O)c1ccc(NC(=O)COC(=O)c2cccc(N3C(=O)[C@@H]4[C@@H]5C[C@@H]([C@@H]4C3=O)[C@@H](c3ccccc3)C5)c2)cc1. The molecule has 1 N–H and O–H groups in total. The number of carbonyl (C=O) groups is 5. The van der Waals surface area contributed by atoms with Crippen LogP contribution >= 0.6 is 0 Å². The Balaban J connectivity index is 1.10. The third-order valence-electron chi connectivity index (χ3n) is 8.51. The number of hydrogen-bond acceptors (Lipinski definition) is 7. The van der Waals surface area contributed by atoms with Crippen molar-refractivity contribution in [1.82, 2.24) is 0 Å².